The Bertz CT molecular complexity index is 564. The minimum atomic E-state index is -1.02. The molecule has 0 atom stereocenters. The third-order valence-corrected chi connectivity index (χ3v) is 2.30. The summed E-state index contributed by atoms with van der Waals surface area (Å²) in [5.41, 5.74) is 1.37. The van der Waals surface area contributed by atoms with Crippen LogP contribution in [0.15, 0.2) is 36.7 Å². The average Bonchev–Trinajstić information content (AvgIpc) is 2.80. The molecule has 0 aliphatic carbocycles. The fourth-order valence-electron chi connectivity index (χ4n) is 1.37. The van der Waals surface area contributed by atoms with E-state index < -0.39 is 5.97 Å². The molecule has 0 aliphatic heterocycles. The molecule has 1 aromatic heterocycles. The van der Waals surface area contributed by atoms with Crippen LogP contribution in [0.2, 0.25) is 5.02 Å². The van der Waals surface area contributed by atoms with E-state index in [-0.39, 0.29) is 0 Å². The van der Waals surface area contributed by atoms with Crippen molar-refractivity contribution in [2.24, 2.45) is 0 Å². The first-order valence-corrected chi connectivity index (χ1v) is 5.12. The Morgan fingerprint density at radius 3 is 2.94 bits per heavy atom. The summed E-state index contributed by atoms with van der Waals surface area (Å²) in [6, 6.07) is 5.12. The number of rotatable bonds is 3. The Kier molecular flexibility index (Phi) is 3.20. The molecule has 1 aromatic carbocycles. The molecule has 0 fully saturated rings. The molecule has 2 rings (SSSR count). The summed E-state index contributed by atoms with van der Waals surface area (Å²) in [7, 11) is 0. The van der Waals surface area contributed by atoms with Crippen molar-refractivity contribution < 1.29 is 9.90 Å². The highest BCUT2D eigenvalue weighted by atomic mass is 35.5. The van der Waals surface area contributed by atoms with Crippen LogP contribution in [-0.2, 0) is 4.79 Å². The van der Waals surface area contributed by atoms with Crippen LogP contribution >= 0.6 is 11.6 Å². The van der Waals surface area contributed by atoms with Gasteiger partial charge in [0.05, 0.1) is 18.1 Å². The van der Waals surface area contributed by atoms with Crippen molar-refractivity contribution in [3.05, 3.63) is 47.3 Å². The minimum absolute atomic E-state index is 0.527. The molecular formula is C11H8ClN3O2. The number of carbonyl (C=O) groups is 1. The highest BCUT2D eigenvalue weighted by Crippen LogP contribution is 2.20. The van der Waals surface area contributed by atoms with Crippen molar-refractivity contribution in [2.75, 3.05) is 0 Å². The number of benzene rings is 1. The van der Waals surface area contributed by atoms with Crippen molar-refractivity contribution in [1.29, 1.82) is 0 Å². The first-order chi connectivity index (χ1) is 8.16. The van der Waals surface area contributed by atoms with Gasteiger partial charge in [-0.1, -0.05) is 16.8 Å². The molecule has 86 valence electrons. The Hall–Kier alpha value is -2.14. The lowest BCUT2D eigenvalue weighted by Gasteiger charge is -2.05. The molecule has 0 unspecified atom stereocenters. The number of hydrogen-bond acceptors (Lipinski definition) is 3. The molecule has 0 bridgehead atoms. The van der Waals surface area contributed by atoms with Gasteiger partial charge in [-0.25, -0.2) is 9.48 Å². The first kappa shape index (κ1) is 11.3. The molecular weight excluding hydrogens is 242 g/mol. The molecule has 0 amide bonds. The lowest BCUT2D eigenvalue weighted by Crippen LogP contribution is -1.98. The second-order valence-corrected chi connectivity index (χ2v) is 3.66. The molecule has 0 spiro atoms. The summed E-state index contributed by atoms with van der Waals surface area (Å²) in [6.45, 7) is 0. The van der Waals surface area contributed by atoms with Crippen molar-refractivity contribution >= 4 is 23.6 Å². The van der Waals surface area contributed by atoms with Crippen LogP contribution < -0.4 is 0 Å². The van der Waals surface area contributed by atoms with Crippen molar-refractivity contribution in [3.63, 3.8) is 0 Å². The van der Waals surface area contributed by atoms with Gasteiger partial charge in [0, 0.05) is 16.7 Å². The number of carboxylic acids is 1. The van der Waals surface area contributed by atoms with Crippen LogP contribution in [0.1, 0.15) is 5.56 Å². The van der Waals surface area contributed by atoms with Gasteiger partial charge in [0.1, 0.15) is 0 Å². The normalized spacial score (nSPS) is 10.9. The zero-order valence-corrected chi connectivity index (χ0v) is 9.37. The van der Waals surface area contributed by atoms with Crippen molar-refractivity contribution in [3.8, 4) is 5.69 Å². The smallest absolute Gasteiger partial charge is 0.328 e. The maximum absolute atomic E-state index is 10.5. The van der Waals surface area contributed by atoms with E-state index in [1.807, 2.05) is 0 Å². The fraction of sp³-hybridized carbons (Fsp3) is 0. The second-order valence-electron chi connectivity index (χ2n) is 3.22. The van der Waals surface area contributed by atoms with Crippen LogP contribution in [0.25, 0.3) is 11.8 Å². The van der Waals surface area contributed by atoms with Crippen LogP contribution in [-0.4, -0.2) is 26.1 Å². The first-order valence-electron chi connectivity index (χ1n) is 4.74. The van der Waals surface area contributed by atoms with Crippen LogP contribution in [0.3, 0.4) is 0 Å². The van der Waals surface area contributed by atoms with Gasteiger partial charge in [0.15, 0.2) is 0 Å². The fourth-order valence-corrected chi connectivity index (χ4v) is 1.55. The van der Waals surface area contributed by atoms with Gasteiger partial charge in [0.25, 0.3) is 0 Å². The SMILES string of the molecule is O=C(O)C=Cc1cc(Cl)ccc1-n1ccnn1. The van der Waals surface area contributed by atoms with Gasteiger partial charge >= 0.3 is 5.97 Å². The Labute approximate surface area is 102 Å². The van der Waals surface area contributed by atoms with E-state index in [2.05, 4.69) is 10.3 Å². The zero-order chi connectivity index (χ0) is 12.3. The molecule has 2 aromatic rings. The molecule has 6 heteroatoms. The Morgan fingerprint density at radius 1 is 1.47 bits per heavy atom. The quantitative estimate of drug-likeness (QED) is 0.845. The number of hydrogen-bond donors (Lipinski definition) is 1. The van der Waals surface area contributed by atoms with E-state index >= 15 is 0 Å². The number of aromatic nitrogens is 3. The van der Waals surface area contributed by atoms with Gasteiger partial charge in [-0.05, 0) is 24.3 Å². The van der Waals surface area contributed by atoms with Crippen molar-refractivity contribution in [1.82, 2.24) is 15.0 Å². The number of nitrogens with zero attached hydrogens (tertiary/aromatic N) is 3. The Balaban J connectivity index is 2.48. The molecule has 0 saturated heterocycles. The highest BCUT2D eigenvalue weighted by molar-refractivity contribution is 6.30. The lowest BCUT2D eigenvalue weighted by atomic mass is 10.1. The molecule has 1 heterocycles. The Morgan fingerprint density at radius 2 is 2.29 bits per heavy atom. The maximum Gasteiger partial charge on any atom is 0.328 e. The highest BCUT2D eigenvalue weighted by Gasteiger charge is 2.04. The van der Waals surface area contributed by atoms with Crippen LogP contribution in [0.5, 0.6) is 0 Å². The van der Waals surface area contributed by atoms with E-state index in [4.69, 9.17) is 16.7 Å². The van der Waals surface area contributed by atoms with Gasteiger partial charge in [-0.2, -0.15) is 0 Å². The van der Waals surface area contributed by atoms with Gasteiger partial charge in [0.2, 0.25) is 0 Å². The largest absolute Gasteiger partial charge is 0.478 e. The standard InChI is InChI=1S/C11H8ClN3O2/c12-9-2-3-10(15-6-5-13-14-15)8(7-9)1-4-11(16)17/h1-7H,(H,16,17). The third-order valence-electron chi connectivity index (χ3n) is 2.06. The van der Waals surface area contributed by atoms with E-state index in [1.165, 1.54) is 10.8 Å². The van der Waals surface area contributed by atoms with Crippen molar-refractivity contribution in [2.45, 2.75) is 0 Å². The van der Waals surface area contributed by atoms with Gasteiger partial charge < -0.3 is 5.11 Å². The number of halogens is 1. The van der Waals surface area contributed by atoms with Crippen LogP contribution in [0.4, 0.5) is 0 Å². The monoisotopic (exact) mass is 249 g/mol. The van der Waals surface area contributed by atoms with Crippen LogP contribution in [0, 0.1) is 0 Å². The molecule has 0 aliphatic rings. The molecule has 0 saturated carbocycles. The summed E-state index contributed by atoms with van der Waals surface area (Å²) < 4.78 is 1.54. The predicted molar refractivity (Wildman–Crippen MR) is 63.0 cm³/mol. The lowest BCUT2D eigenvalue weighted by molar-refractivity contribution is -0.131. The molecule has 1 N–H and O–H groups in total. The minimum Gasteiger partial charge on any atom is -0.478 e. The molecule has 0 radical (unpaired) electrons. The maximum atomic E-state index is 10.5. The predicted octanol–water partition coefficient (Wildman–Crippen LogP) is 2.02. The summed E-state index contributed by atoms with van der Waals surface area (Å²) >= 11 is 5.87. The van der Waals surface area contributed by atoms with E-state index in [1.54, 1.807) is 30.6 Å². The molecule has 17 heavy (non-hydrogen) atoms. The average molecular weight is 250 g/mol. The van der Waals surface area contributed by atoms with E-state index in [0.29, 0.717) is 16.3 Å². The number of carboxylic acid groups (broad SMARTS) is 1. The van der Waals surface area contributed by atoms with E-state index in [9.17, 15) is 4.79 Å². The van der Waals surface area contributed by atoms with E-state index in [0.717, 1.165) is 6.08 Å². The summed E-state index contributed by atoms with van der Waals surface area (Å²) in [4.78, 5) is 10.5. The van der Waals surface area contributed by atoms with Gasteiger partial charge in [-0.15, -0.1) is 5.10 Å². The summed E-state index contributed by atoms with van der Waals surface area (Å²) in [5, 5.41) is 16.7. The van der Waals surface area contributed by atoms with Gasteiger partial charge in [-0.3, -0.25) is 0 Å². The zero-order valence-electron chi connectivity index (χ0n) is 8.62. The second kappa shape index (κ2) is 4.80. The number of aliphatic carboxylic acids is 1. The topological polar surface area (TPSA) is 68.0 Å². The summed E-state index contributed by atoms with van der Waals surface area (Å²) in [5.74, 6) is -1.02. The molecule has 5 nitrogen and oxygen atoms in total. The summed E-state index contributed by atoms with van der Waals surface area (Å²) in [6.07, 6.45) is 5.72. The third kappa shape index (κ3) is 2.70.